The minimum Gasteiger partial charge on any atom is -0.497 e. The van der Waals surface area contributed by atoms with Crippen LogP contribution in [0.25, 0.3) is 0 Å². The van der Waals surface area contributed by atoms with Crippen LogP contribution in [0.5, 0.6) is 17.2 Å². The first-order chi connectivity index (χ1) is 19.7. The van der Waals surface area contributed by atoms with Crippen molar-refractivity contribution in [3.63, 3.8) is 0 Å². The third-order valence-electron chi connectivity index (χ3n) is 7.62. The third-order valence-corrected chi connectivity index (χ3v) is 9.36. The molecule has 2 aliphatic rings. The van der Waals surface area contributed by atoms with E-state index in [0.717, 1.165) is 42.0 Å². The molecule has 1 saturated carbocycles. The summed E-state index contributed by atoms with van der Waals surface area (Å²) in [7, 11) is -2.29. The zero-order valence-electron chi connectivity index (χ0n) is 24.1. The van der Waals surface area contributed by atoms with Gasteiger partial charge in [0.15, 0.2) is 11.5 Å². The average molecular weight is 588 g/mol. The Bertz CT molecular complexity index is 1310. The van der Waals surface area contributed by atoms with E-state index in [1.165, 1.54) is 11.8 Å². The number of benzene rings is 2. The van der Waals surface area contributed by atoms with Crippen molar-refractivity contribution in [2.45, 2.75) is 71.0 Å². The molecule has 0 bridgehead atoms. The maximum absolute atomic E-state index is 14.1. The summed E-state index contributed by atoms with van der Waals surface area (Å²) < 4.78 is 44.3. The van der Waals surface area contributed by atoms with Crippen LogP contribution in [0.3, 0.4) is 0 Å². The average Bonchev–Trinajstić information content (AvgIpc) is 2.99. The number of carbonyl (C=O) groups is 2. The predicted octanol–water partition coefficient (Wildman–Crippen LogP) is 3.88. The van der Waals surface area contributed by atoms with Crippen LogP contribution in [0.15, 0.2) is 42.5 Å². The zero-order chi connectivity index (χ0) is 29.4. The number of methoxy groups -OCH3 is 1. The maximum Gasteiger partial charge on any atom is 0.244 e. The van der Waals surface area contributed by atoms with E-state index in [2.05, 4.69) is 5.32 Å². The van der Waals surface area contributed by atoms with Crippen molar-refractivity contribution >= 4 is 27.5 Å². The summed E-state index contributed by atoms with van der Waals surface area (Å²) >= 11 is 0. The molecule has 2 aromatic carbocycles. The fourth-order valence-corrected chi connectivity index (χ4v) is 6.39. The molecule has 4 rings (SSSR count). The van der Waals surface area contributed by atoms with Gasteiger partial charge in [0.05, 0.1) is 18.6 Å². The van der Waals surface area contributed by atoms with Gasteiger partial charge in [-0.2, -0.15) is 0 Å². The number of fused-ring (bicyclic) bond motifs is 1. The van der Waals surface area contributed by atoms with Gasteiger partial charge in [0, 0.05) is 18.7 Å². The first-order valence-electron chi connectivity index (χ1n) is 14.4. The monoisotopic (exact) mass is 587 g/mol. The van der Waals surface area contributed by atoms with E-state index in [1.807, 2.05) is 25.1 Å². The molecule has 1 aliphatic carbocycles. The lowest BCUT2D eigenvalue weighted by Gasteiger charge is -2.34. The van der Waals surface area contributed by atoms with E-state index in [9.17, 15) is 18.0 Å². The number of rotatable bonds is 12. The van der Waals surface area contributed by atoms with Gasteiger partial charge >= 0.3 is 0 Å². The van der Waals surface area contributed by atoms with Gasteiger partial charge in [0.2, 0.25) is 21.8 Å². The Kier molecular flexibility index (Phi) is 10.4. The van der Waals surface area contributed by atoms with Crippen LogP contribution in [0.4, 0.5) is 5.69 Å². The van der Waals surface area contributed by atoms with Crippen LogP contribution in [-0.4, -0.2) is 69.8 Å². The summed E-state index contributed by atoms with van der Waals surface area (Å²) in [6.07, 6.45) is 5.49. The Morgan fingerprint density at radius 3 is 2.44 bits per heavy atom. The molecular weight excluding hydrogens is 546 g/mol. The van der Waals surface area contributed by atoms with E-state index >= 15 is 0 Å². The summed E-state index contributed by atoms with van der Waals surface area (Å²) in [6.45, 7) is 3.80. The molecule has 1 N–H and O–H groups in total. The zero-order valence-corrected chi connectivity index (χ0v) is 25.0. The summed E-state index contributed by atoms with van der Waals surface area (Å²) in [5, 5.41) is 3.15. The molecular formula is C30H41N3O7S. The van der Waals surface area contributed by atoms with E-state index in [4.69, 9.17) is 14.2 Å². The largest absolute Gasteiger partial charge is 0.497 e. The number of nitrogens with one attached hydrogen (secondary N) is 1. The Hall–Kier alpha value is -3.47. The van der Waals surface area contributed by atoms with E-state index in [-0.39, 0.29) is 24.2 Å². The molecule has 2 aromatic rings. The molecule has 0 spiro atoms. The molecule has 10 nitrogen and oxygen atoms in total. The number of amides is 2. The molecule has 0 unspecified atom stereocenters. The molecule has 224 valence electrons. The van der Waals surface area contributed by atoms with Crippen LogP contribution >= 0.6 is 0 Å². The van der Waals surface area contributed by atoms with Crippen LogP contribution in [0.2, 0.25) is 0 Å². The van der Waals surface area contributed by atoms with Gasteiger partial charge in [0.25, 0.3) is 0 Å². The second-order valence-electron chi connectivity index (χ2n) is 10.4. The Morgan fingerprint density at radius 2 is 1.76 bits per heavy atom. The van der Waals surface area contributed by atoms with Crippen LogP contribution in [-0.2, 0) is 26.2 Å². The Morgan fingerprint density at radius 1 is 1.02 bits per heavy atom. The summed E-state index contributed by atoms with van der Waals surface area (Å²) in [5.74, 6) is 0.657. The maximum atomic E-state index is 14.1. The predicted molar refractivity (Wildman–Crippen MR) is 157 cm³/mol. The summed E-state index contributed by atoms with van der Waals surface area (Å²) in [6, 6.07) is 11.4. The standard InChI is InChI=1S/C30H41N3O7S/c1-4-26(30(35)31-23-11-7-6-8-12-23)32(20-22-10-9-13-25(18-22)38-3)29(34)21-33(41(36,37)5-2)24-14-15-27-28(19-24)40-17-16-39-27/h9-10,13-15,18-19,23,26H,4-8,11-12,16-17,20-21H2,1-3H3,(H,31,35)/t26-/m0/s1. The lowest BCUT2D eigenvalue weighted by Crippen LogP contribution is -2.54. The van der Waals surface area contributed by atoms with Gasteiger partial charge in [-0.25, -0.2) is 8.42 Å². The Balaban J connectivity index is 1.65. The van der Waals surface area contributed by atoms with Crippen molar-refractivity contribution in [3.8, 4) is 17.2 Å². The topological polar surface area (TPSA) is 114 Å². The minimum absolute atomic E-state index is 0.0775. The highest BCUT2D eigenvalue weighted by atomic mass is 32.2. The van der Waals surface area contributed by atoms with Crippen molar-refractivity contribution in [3.05, 3.63) is 48.0 Å². The number of ether oxygens (including phenoxy) is 3. The van der Waals surface area contributed by atoms with E-state index in [1.54, 1.807) is 31.4 Å². The SMILES string of the molecule is CC[C@@H](C(=O)NC1CCCCC1)N(Cc1cccc(OC)c1)C(=O)CN(c1ccc2c(c1)OCCO2)S(=O)(=O)CC. The molecule has 1 atom stereocenters. The highest BCUT2D eigenvalue weighted by Crippen LogP contribution is 2.35. The normalized spacial score (nSPS) is 16.0. The smallest absolute Gasteiger partial charge is 0.244 e. The number of carbonyl (C=O) groups excluding carboxylic acids is 2. The van der Waals surface area contributed by atoms with E-state index < -0.39 is 28.5 Å². The van der Waals surface area contributed by atoms with Gasteiger partial charge in [-0.05, 0) is 56.0 Å². The van der Waals surface area contributed by atoms with E-state index in [0.29, 0.717) is 42.6 Å². The lowest BCUT2D eigenvalue weighted by molar-refractivity contribution is -0.140. The number of sulfonamides is 1. The van der Waals surface area contributed by atoms with Gasteiger partial charge in [-0.15, -0.1) is 0 Å². The lowest BCUT2D eigenvalue weighted by atomic mass is 9.95. The van der Waals surface area contributed by atoms with Crippen molar-refractivity contribution < 1.29 is 32.2 Å². The molecule has 2 amide bonds. The van der Waals surface area contributed by atoms with Gasteiger partial charge < -0.3 is 24.4 Å². The number of hydrogen-bond donors (Lipinski definition) is 1. The molecule has 0 saturated heterocycles. The third kappa shape index (κ3) is 7.63. The van der Waals surface area contributed by atoms with Crippen molar-refractivity contribution in [2.75, 3.05) is 36.9 Å². The van der Waals surface area contributed by atoms with Crippen molar-refractivity contribution in [1.29, 1.82) is 0 Å². The second kappa shape index (κ2) is 13.9. The van der Waals surface area contributed by atoms with Crippen LogP contribution < -0.4 is 23.8 Å². The molecule has 11 heteroatoms. The van der Waals surface area contributed by atoms with Gasteiger partial charge in [-0.3, -0.25) is 13.9 Å². The van der Waals surface area contributed by atoms with Gasteiger partial charge in [-0.1, -0.05) is 38.3 Å². The summed E-state index contributed by atoms with van der Waals surface area (Å²) in [5.41, 5.74) is 1.07. The fourth-order valence-electron chi connectivity index (χ4n) is 5.34. The molecule has 41 heavy (non-hydrogen) atoms. The van der Waals surface area contributed by atoms with Crippen molar-refractivity contribution in [1.82, 2.24) is 10.2 Å². The molecule has 1 fully saturated rings. The molecule has 1 heterocycles. The summed E-state index contributed by atoms with van der Waals surface area (Å²) in [4.78, 5) is 29.2. The number of anilines is 1. The molecule has 1 aliphatic heterocycles. The highest BCUT2D eigenvalue weighted by molar-refractivity contribution is 7.92. The minimum atomic E-state index is -3.86. The second-order valence-corrected chi connectivity index (χ2v) is 12.6. The molecule has 0 radical (unpaired) electrons. The first kappa shape index (κ1) is 30.5. The quantitative estimate of drug-likeness (QED) is 0.401. The van der Waals surface area contributed by atoms with Crippen LogP contribution in [0.1, 0.15) is 57.9 Å². The number of hydrogen-bond acceptors (Lipinski definition) is 7. The fraction of sp³-hybridized carbons (Fsp3) is 0.533. The van der Waals surface area contributed by atoms with Crippen LogP contribution in [0, 0.1) is 0 Å². The van der Waals surface area contributed by atoms with Crippen molar-refractivity contribution in [2.24, 2.45) is 0 Å². The van der Waals surface area contributed by atoms with Gasteiger partial charge in [0.1, 0.15) is 31.5 Å². The highest BCUT2D eigenvalue weighted by Gasteiger charge is 2.34. The molecule has 0 aromatic heterocycles. The first-order valence-corrected chi connectivity index (χ1v) is 16.0. The number of nitrogens with zero attached hydrogens (tertiary/aromatic N) is 2. The Labute approximate surface area is 243 Å².